The van der Waals surface area contributed by atoms with Crippen LogP contribution in [-0.2, 0) is 6.42 Å². The zero-order valence-electron chi connectivity index (χ0n) is 10.4. The number of nitrogens with one attached hydrogen (secondary N) is 1. The Morgan fingerprint density at radius 3 is 2.56 bits per heavy atom. The Bertz CT molecular complexity index is 469. The minimum absolute atomic E-state index is 0.646. The molecule has 1 saturated heterocycles. The van der Waals surface area contributed by atoms with Crippen LogP contribution in [0, 0.1) is 0 Å². The van der Waals surface area contributed by atoms with Crippen molar-refractivity contribution in [3.05, 3.63) is 42.2 Å². The van der Waals surface area contributed by atoms with Gasteiger partial charge in [0, 0.05) is 6.04 Å². The van der Waals surface area contributed by atoms with Gasteiger partial charge in [0.2, 0.25) is 0 Å². The molecule has 0 saturated carbocycles. The lowest BCUT2D eigenvalue weighted by atomic mass is 9.98. The third kappa shape index (κ3) is 2.59. The van der Waals surface area contributed by atoms with Gasteiger partial charge in [0.05, 0.1) is 18.1 Å². The van der Waals surface area contributed by atoms with E-state index < -0.39 is 0 Å². The minimum atomic E-state index is 0.646. The van der Waals surface area contributed by atoms with E-state index in [2.05, 4.69) is 39.8 Å². The lowest BCUT2D eigenvalue weighted by molar-refractivity contribution is 0.399. The first-order valence-corrected chi connectivity index (χ1v) is 6.61. The smallest absolute Gasteiger partial charge is 0.0856 e. The number of rotatable bonds is 3. The summed E-state index contributed by atoms with van der Waals surface area (Å²) in [6, 6.07) is 9.16. The van der Waals surface area contributed by atoms with E-state index in [1.165, 1.54) is 31.4 Å². The van der Waals surface area contributed by atoms with Crippen molar-refractivity contribution < 1.29 is 0 Å². The van der Waals surface area contributed by atoms with Crippen LogP contribution in [0.2, 0.25) is 0 Å². The maximum atomic E-state index is 4.13. The highest BCUT2D eigenvalue weighted by Crippen LogP contribution is 2.14. The van der Waals surface area contributed by atoms with E-state index in [1.807, 2.05) is 0 Å². The topological polar surface area (TPSA) is 42.7 Å². The fourth-order valence-electron chi connectivity index (χ4n) is 2.50. The average molecular weight is 242 g/mol. The predicted molar refractivity (Wildman–Crippen MR) is 70.7 cm³/mol. The standard InChI is InChI=1S/C14H18N4/c1-2-8-15-13(3-1)11-12-4-6-14(7-5-12)18-16-9-10-17-18/h4-7,9-10,13,15H,1-3,8,11H2. The Balaban J connectivity index is 1.67. The summed E-state index contributed by atoms with van der Waals surface area (Å²) in [5, 5.41) is 11.8. The normalized spacial score (nSPS) is 19.9. The maximum absolute atomic E-state index is 4.13. The zero-order chi connectivity index (χ0) is 12.2. The molecule has 1 fully saturated rings. The van der Waals surface area contributed by atoms with Crippen LogP contribution in [0.3, 0.4) is 0 Å². The van der Waals surface area contributed by atoms with Gasteiger partial charge in [-0.3, -0.25) is 0 Å². The molecule has 1 aliphatic rings. The molecule has 18 heavy (non-hydrogen) atoms. The third-order valence-electron chi connectivity index (χ3n) is 3.48. The van der Waals surface area contributed by atoms with Crippen LogP contribution in [0.1, 0.15) is 24.8 Å². The van der Waals surface area contributed by atoms with Gasteiger partial charge in [-0.15, -0.1) is 0 Å². The lowest BCUT2D eigenvalue weighted by Gasteiger charge is -2.23. The zero-order valence-corrected chi connectivity index (χ0v) is 10.4. The highest BCUT2D eigenvalue weighted by Gasteiger charge is 2.12. The van der Waals surface area contributed by atoms with Gasteiger partial charge < -0.3 is 5.32 Å². The Morgan fingerprint density at radius 2 is 1.89 bits per heavy atom. The summed E-state index contributed by atoms with van der Waals surface area (Å²) in [5.74, 6) is 0. The molecule has 3 rings (SSSR count). The number of hydrogen-bond acceptors (Lipinski definition) is 3. The largest absolute Gasteiger partial charge is 0.314 e. The number of nitrogens with zero attached hydrogens (tertiary/aromatic N) is 3. The Morgan fingerprint density at radius 1 is 1.11 bits per heavy atom. The third-order valence-corrected chi connectivity index (χ3v) is 3.48. The molecule has 1 aromatic carbocycles. The van der Waals surface area contributed by atoms with Crippen molar-refractivity contribution >= 4 is 0 Å². The van der Waals surface area contributed by atoms with E-state index in [0.717, 1.165) is 12.1 Å². The molecule has 0 aliphatic carbocycles. The highest BCUT2D eigenvalue weighted by molar-refractivity contribution is 5.32. The second-order valence-electron chi connectivity index (χ2n) is 4.84. The van der Waals surface area contributed by atoms with Crippen LogP contribution in [0.5, 0.6) is 0 Å². The molecule has 94 valence electrons. The Labute approximate surface area is 107 Å². The van der Waals surface area contributed by atoms with Crippen LogP contribution >= 0.6 is 0 Å². The average Bonchev–Trinajstić information content (AvgIpc) is 2.95. The second-order valence-corrected chi connectivity index (χ2v) is 4.84. The molecule has 0 spiro atoms. The van der Waals surface area contributed by atoms with Gasteiger partial charge in [0.15, 0.2) is 0 Å². The fraction of sp³-hybridized carbons (Fsp3) is 0.429. The molecule has 1 atom stereocenters. The molecule has 4 heteroatoms. The van der Waals surface area contributed by atoms with Crippen molar-refractivity contribution in [1.29, 1.82) is 0 Å². The van der Waals surface area contributed by atoms with E-state index in [-0.39, 0.29) is 0 Å². The summed E-state index contributed by atoms with van der Waals surface area (Å²) in [7, 11) is 0. The molecule has 1 unspecified atom stereocenters. The maximum Gasteiger partial charge on any atom is 0.0856 e. The van der Waals surface area contributed by atoms with Crippen LogP contribution in [0.25, 0.3) is 5.69 Å². The predicted octanol–water partition coefficient (Wildman–Crippen LogP) is 1.95. The molecule has 1 aromatic heterocycles. The van der Waals surface area contributed by atoms with Crippen molar-refractivity contribution in [3.63, 3.8) is 0 Å². The van der Waals surface area contributed by atoms with E-state index >= 15 is 0 Å². The number of hydrogen-bond donors (Lipinski definition) is 1. The molecule has 2 aromatic rings. The van der Waals surface area contributed by atoms with Gasteiger partial charge in [0.1, 0.15) is 0 Å². The van der Waals surface area contributed by atoms with E-state index in [9.17, 15) is 0 Å². The molecule has 0 bridgehead atoms. The van der Waals surface area contributed by atoms with Crippen molar-refractivity contribution in [2.24, 2.45) is 0 Å². The summed E-state index contributed by atoms with van der Waals surface area (Å²) >= 11 is 0. The van der Waals surface area contributed by atoms with Crippen molar-refractivity contribution in [2.45, 2.75) is 31.7 Å². The molecule has 1 aliphatic heterocycles. The molecule has 4 nitrogen and oxygen atoms in total. The quantitative estimate of drug-likeness (QED) is 0.894. The van der Waals surface area contributed by atoms with Crippen molar-refractivity contribution in [1.82, 2.24) is 20.3 Å². The first-order chi connectivity index (χ1) is 8.92. The summed E-state index contributed by atoms with van der Waals surface area (Å²) in [4.78, 5) is 1.64. The van der Waals surface area contributed by atoms with Crippen LogP contribution < -0.4 is 5.32 Å². The first-order valence-electron chi connectivity index (χ1n) is 6.61. The SMILES string of the molecule is c1cnn(-c2ccc(CC3CCCCN3)cc2)n1. The highest BCUT2D eigenvalue weighted by atomic mass is 15.5. The summed E-state index contributed by atoms with van der Waals surface area (Å²) in [6.45, 7) is 1.17. The number of aromatic nitrogens is 3. The van der Waals surface area contributed by atoms with Crippen LogP contribution in [0.4, 0.5) is 0 Å². The summed E-state index contributed by atoms with van der Waals surface area (Å²) in [5.41, 5.74) is 2.39. The van der Waals surface area contributed by atoms with Gasteiger partial charge in [-0.25, -0.2) is 0 Å². The number of benzene rings is 1. The Hall–Kier alpha value is -1.68. The van der Waals surface area contributed by atoms with Gasteiger partial charge >= 0.3 is 0 Å². The lowest BCUT2D eigenvalue weighted by Crippen LogP contribution is -2.35. The summed E-state index contributed by atoms with van der Waals surface area (Å²) in [6.07, 6.45) is 8.47. The van der Waals surface area contributed by atoms with E-state index in [1.54, 1.807) is 17.2 Å². The molecule has 0 radical (unpaired) electrons. The Kier molecular flexibility index (Phi) is 3.37. The van der Waals surface area contributed by atoms with Gasteiger partial charge in [-0.2, -0.15) is 15.0 Å². The van der Waals surface area contributed by atoms with Crippen molar-refractivity contribution in [2.75, 3.05) is 6.54 Å². The molecule has 2 heterocycles. The first kappa shape index (κ1) is 11.4. The van der Waals surface area contributed by atoms with Crippen molar-refractivity contribution in [3.8, 4) is 5.69 Å². The second kappa shape index (κ2) is 5.31. The van der Waals surface area contributed by atoms with E-state index in [0.29, 0.717) is 6.04 Å². The molecule has 0 amide bonds. The van der Waals surface area contributed by atoms with Crippen LogP contribution in [0.15, 0.2) is 36.7 Å². The van der Waals surface area contributed by atoms with E-state index in [4.69, 9.17) is 0 Å². The molecular weight excluding hydrogens is 224 g/mol. The monoisotopic (exact) mass is 242 g/mol. The van der Waals surface area contributed by atoms with Gasteiger partial charge in [-0.1, -0.05) is 18.6 Å². The molecular formula is C14H18N4. The van der Waals surface area contributed by atoms with Gasteiger partial charge in [-0.05, 0) is 43.5 Å². The minimum Gasteiger partial charge on any atom is -0.314 e. The van der Waals surface area contributed by atoms with Crippen LogP contribution in [-0.4, -0.2) is 27.6 Å². The van der Waals surface area contributed by atoms with Gasteiger partial charge in [0.25, 0.3) is 0 Å². The summed E-state index contributed by atoms with van der Waals surface area (Å²) < 4.78 is 0. The number of piperidine rings is 1. The fourth-order valence-corrected chi connectivity index (χ4v) is 2.50. The molecule has 1 N–H and O–H groups in total.